The molecule has 0 atom stereocenters. The van der Waals surface area contributed by atoms with E-state index in [1.54, 1.807) is 0 Å². The molecule has 3 aliphatic rings. The van der Waals surface area contributed by atoms with E-state index in [1.165, 1.54) is 18.5 Å². The third-order valence-corrected chi connectivity index (χ3v) is 8.27. The Labute approximate surface area is 241 Å². The molecule has 0 unspecified atom stereocenters. The average Bonchev–Trinajstić information content (AvgIpc) is 3.81. The van der Waals surface area contributed by atoms with Crippen LogP contribution in [-0.2, 0) is 22.5 Å². The number of hydrogen-bond donors (Lipinski definition) is 2. The minimum absolute atomic E-state index is 0.140. The molecule has 210 valence electrons. The molecule has 5 rings (SSSR count). The average molecular weight is 574 g/mol. The SMILES string of the molecule is CC(C)(C)OC(=O)NCCCc1cc(Cl)c(CNC2(C(=O)N3CCN(C4CC4)c4ccccc43)CC2)cc1Cl. The van der Waals surface area contributed by atoms with Crippen molar-refractivity contribution < 1.29 is 14.3 Å². The van der Waals surface area contributed by atoms with E-state index in [0.29, 0.717) is 48.6 Å². The van der Waals surface area contributed by atoms with Gasteiger partial charge in [-0.05, 0) is 94.7 Å². The summed E-state index contributed by atoms with van der Waals surface area (Å²) in [6.45, 7) is 8.03. The number of ether oxygens (including phenoxy) is 1. The number of amides is 2. The van der Waals surface area contributed by atoms with E-state index in [0.717, 1.165) is 36.2 Å². The smallest absolute Gasteiger partial charge is 0.407 e. The Morgan fingerprint density at radius 2 is 1.69 bits per heavy atom. The Balaban J connectivity index is 1.17. The van der Waals surface area contributed by atoms with E-state index < -0.39 is 17.2 Å². The highest BCUT2D eigenvalue weighted by Gasteiger charge is 2.52. The Morgan fingerprint density at radius 3 is 2.36 bits per heavy atom. The summed E-state index contributed by atoms with van der Waals surface area (Å²) in [7, 11) is 0. The fourth-order valence-corrected chi connectivity index (χ4v) is 5.75. The van der Waals surface area contributed by atoms with Crippen LogP contribution in [0, 0.1) is 0 Å². The largest absolute Gasteiger partial charge is 0.444 e. The molecule has 2 fully saturated rings. The van der Waals surface area contributed by atoms with Crippen molar-refractivity contribution in [2.45, 2.75) is 83.0 Å². The van der Waals surface area contributed by atoms with E-state index in [2.05, 4.69) is 33.7 Å². The van der Waals surface area contributed by atoms with Crippen LogP contribution in [-0.4, -0.2) is 48.8 Å². The topological polar surface area (TPSA) is 73.9 Å². The van der Waals surface area contributed by atoms with Gasteiger partial charge in [-0.2, -0.15) is 0 Å². The van der Waals surface area contributed by atoms with Gasteiger partial charge in [0.05, 0.1) is 16.9 Å². The number of anilines is 2. The first-order valence-corrected chi connectivity index (χ1v) is 14.7. The molecule has 2 aliphatic carbocycles. The fourth-order valence-electron chi connectivity index (χ4n) is 5.21. The van der Waals surface area contributed by atoms with Gasteiger partial charge < -0.3 is 19.9 Å². The van der Waals surface area contributed by atoms with Crippen LogP contribution in [0.2, 0.25) is 10.0 Å². The second kappa shape index (κ2) is 11.2. The molecule has 2 saturated carbocycles. The quantitative estimate of drug-likeness (QED) is 0.356. The third-order valence-electron chi connectivity index (χ3n) is 7.56. The molecule has 0 spiro atoms. The van der Waals surface area contributed by atoms with Gasteiger partial charge in [-0.1, -0.05) is 35.3 Å². The van der Waals surface area contributed by atoms with Crippen molar-refractivity contribution in [2.75, 3.05) is 29.4 Å². The van der Waals surface area contributed by atoms with E-state index in [-0.39, 0.29) is 5.91 Å². The van der Waals surface area contributed by atoms with Crippen molar-refractivity contribution in [3.63, 3.8) is 0 Å². The van der Waals surface area contributed by atoms with Crippen LogP contribution in [0.1, 0.15) is 64.0 Å². The fraction of sp³-hybridized carbons (Fsp3) is 0.533. The van der Waals surface area contributed by atoms with Gasteiger partial charge in [0, 0.05) is 42.3 Å². The lowest BCUT2D eigenvalue weighted by Crippen LogP contribution is -2.53. The van der Waals surface area contributed by atoms with E-state index in [9.17, 15) is 9.59 Å². The van der Waals surface area contributed by atoms with Crippen LogP contribution in [0.5, 0.6) is 0 Å². The maximum absolute atomic E-state index is 13.8. The first kappa shape index (κ1) is 28.1. The molecule has 2 aromatic rings. The number of carbonyl (C=O) groups excluding carboxylic acids is 2. The molecule has 0 radical (unpaired) electrons. The predicted molar refractivity (Wildman–Crippen MR) is 157 cm³/mol. The standard InChI is InChI=1S/C30H38Cl2N4O3/c1-29(2,3)39-28(38)33-14-6-7-20-17-24(32)21(18-23(20)31)19-34-30(12-13-30)27(37)36-16-15-35(22-10-11-22)25-8-4-5-9-26(25)36/h4-5,8-9,17-18,22,34H,6-7,10-16,19H2,1-3H3,(H,33,38). The van der Waals surface area contributed by atoms with Gasteiger partial charge in [-0.25, -0.2) is 4.79 Å². The number of nitrogens with one attached hydrogen (secondary N) is 2. The maximum Gasteiger partial charge on any atom is 0.407 e. The van der Waals surface area contributed by atoms with Crippen molar-refractivity contribution in [2.24, 2.45) is 0 Å². The zero-order valence-electron chi connectivity index (χ0n) is 23.0. The van der Waals surface area contributed by atoms with Crippen molar-refractivity contribution in [3.8, 4) is 0 Å². The highest BCUT2D eigenvalue weighted by atomic mass is 35.5. The van der Waals surface area contributed by atoms with Gasteiger partial charge in [0.25, 0.3) is 0 Å². The van der Waals surface area contributed by atoms with Gasteiger partial charge in [-0.3, -0.25) is 10.1 Å². The van der Waals surface area contributed by atoms with Crippen LogP contribution < -0.4 is 20.4 Å². The molecule has 0 aromatic heterocycles. The van der Waals surface area contributed by atoms with E-state index >= 15 is 0 Å². The van der Waals surface area contributed by atoms with Crippen molar-refractivity contribution in [1.29, 1.82) is 0 Å². The molecule has 1 heterocycles. The summed E-state index contributed by atoms with van der Waals surface area (Å²) in [4.78, 5) is 30.0. The summed E-state index contributed by atoms with van der Waals surface area (Å²) < 4.78 is 5.26. The van der Waals surface area contributed by atoms with Crippen LogP contribution in [0.4, 0.5) is 16.2 Å². The normalized spacial score (nSPS) is 18.0. The summed E-state index contributed by atoms with van der Waals surface area (Å²) in [5.74, 6) is 0.140. The molecule has 1 aliphatic heterocycles. The summed E-state index contributed by atoms with van der Waals surface area (Å²) in [5, 5.41) is 7.54. The Hall–Kier alpha value is -2.48. The zero-order chi connectivity index (χ0) is 27.8. The molecule has 0 saturated heterocycles. The number of halogens is 2. The van der Waals surface area contributed by atoms with Crippen LogP contribution in [0.15, 0.2) is 36.4 Å². The molecule has 2 N–H and O–H groups in total. The van der Waals surface area contributed by atoms with Crippen LogP contribution in [0.3, 0.4) is 0 Å². The minimum Gasteiger partial charge on any atom is -0.444 e. The van der Waals surface area contributed by atoms with Crippen molar-refractivity contribution >= 4 is 46.6 Å². The summed E-state index contributed by atoms with van der Waals surface area (Å²) in [5.41, 5.74) is 2.90. The number of fused-ring (bicyclic) bond motifs is 1. The molecule has 7 nitrogen and oxygen atoms in total. The number of nitrogens with zero attached hydrogens (tertiary/aromatic N) is 2. The highest BCUT2D eigenvalue weighted by Crippen LogP contribution is 2.44. The van der Waals surface area contributed by atoms with Crippen molar-refractivity contribution in [1.82, 2.24) is 10.6 Å². The van der Waals surface area contributed by atoms with E-state index in [4.69, 9.17) is 27.9 Å². The number of aryl methyl sites for hydroxylation is 1. The summed E-state index contributed by atoms with van der Waals surface area (Å²) in [6.07, 6.45) is 5.05. The number of carbonyl (C=O) groups is 2. The van der Waals surface area contributed by atoms with Crippen LogP contribution in [0.25, 0.3) is 0 Å². The number of rotatable bonds is 9. The molecule has 2 aromatic carbocycles. The lowest BCUT2D eigenvalue weighted by atomic mass is 10.1. The number of hydrogen-bond acceptors (Lipinski definition) is 5. The molecule has 9 heteroatoms. The predicted octanol–water partition coefficient (Wildman–Crippen LogP) is 6.09. The Morgan fingerprint density at radius 1 is 1.03 bits per heavy atom. The zero-order valence-corrected chi connectivity index (χ0v) is 24.5. The molecule has 0 bridgehead atoms. The first-order chi connectivity index (χ1) is 18.6. The minimum atomic E-state index is -0.559. The summed E-state index contributed by atoms with van der Waals surface area (Å²) in [6, 6.07) is 12.7. The Bertz CT molecular complexity index is 1240. The second-order valence-corrected chi connectivity index (χ2v) is 12.7. The first-order valence-electron chi connectivity index (χ1n) is 13.9. The lowest BCUT2D eigenvalue weighted by Gasteiger charge is -2.39. The second-order valence-electron chi connectivity index (χ2n) is 11.9. The van der Waals surface area contributed by atoms with Gasteiger partial charge >= 0.3 is 6.09 Å². The molecular weight excluding hydrogens is 535 g/mol. The third kappa shape index (κ3) is 6.64. The number of benzene rings is 2. The monoisotopic (exact) mass is 572 g/mol. The number of alkyl carbamates (subject to hydrolysis) is 1. The molecular formula is C30H38Cl2N4O3. The van der Waals surface area contributed by atoms with Crippen LogP contribution >= 0.6 is 23.2 Å². The van der Waals surface area contributed by atoms with Gasteiger partial charge in [0.15, 0.2) is 0 Å². The van der Waals surface area contributed by atoms with Gasteiger partial charge in [0.2, 0.25) is 5.91 Å². The van der Waals surface area contributed by atoms with Crippen molar-refractivity contribution in [3.05, 3.63) is 57.6 Å². The molecule has 2 amide bonds. The highest BCUT2D eigenvalue weighted by molar-refractivity contribution is 6.34. The van der Waals surface area contributed by atoms with Gasteiger partial charge in [-0.15, -0.1) is 0 Å². The molecule has 39 heavy (non-hydrogen) atoms. The lowest BCUT2D eigenvalue weighted by molar-refractivity contribution is -0.121. The Kier molecular flexibility index (Phi) is 8.05. The maximum atomic E-state index is 13.8. The summed E-state index contributed by atoms with van der Waals surface area (Å²) >= 11 is 13.2. The van der Waals surface area contributed by atoms with E-state index in [1.807, 2.05) is 43.9 Å². The van der Waals surface area contributed by atoms with Gasteiger partial charge in [0.1, 0.15) is 5.60 Å². The number of para-hydroxylation sites is 2.